The molecule has 2 aromatic heterocycles. The molecule has 0 saturated carbocycles. The number of hydrogen-bond donors (Lipinski definition) is 0. The monoisotopic (exact) mass is 245 g/mol. The van der Waals surface area contributed by atoms with Crippen LogP contribution in [0.15, 0.2) is 28.6 Å². The van der Waals surface area contributed by atoms with Crippen LogP contribution in [0.4, 0.5) is 0 Å². The average molecular weight is 245 g/mol. The molecule has 2 heterocycles. The fourth-order valence-electron chi connectivity index (χ4n) is 1.55. The average Bonchev–Trinajstić information content (AvgIpc) is 2.73. The van der Waals surface area contributed by atoms with Crippen molar-refractivity contribution in [1.82, 2.24) is 9.55 Å². The molecule has 4 nitrogen and oxygen atoms in total. The third-order valence-electron chi connectivity index (χ3n) is 2.55. The normalized spacial score (nSPS) is 10.1. The van der Waals surface area contributed by atoms with Gasteiger partial charge in [-0.1, -0.05) is 0 Å². The molecule has 2 aromatic rings. The number of hydrogen-bond acceptors (Lipinski definition) is 4. The Hall–Kier alpha value is -1.93. The van der Waals surface area contributed by atoms with Gasteiger partial charge in [-0.3, -0.25) is 4.79 Å². The van der Waals surface area contributed by atoms with E-state index in [2.05, 4.69) is 4.98 Å². The van der Waals surface area contributed by atoms with Crippen molar-refractivity contribution in [3.05, 3.63) is 50.3 Å². The summed E-state index contributed by atoms with van der Waals surface area (Å²) >= 11 is 1.60. The molecule has 2 rings (SSSR count). The number of nitrogens with zero attached hydrogens (tertiary/aromatic N) is 3. The van der Waals surface area contributed by atoms with E-state index in [0.29, 0.717) is 12.1 Å². The summed E-state index contributed by atoms with van der Waals surface area (Å²) in [5, 5.41) is 8.66. The Balaban J connectivity index is 2.13. The Morgan fingerprint density at radius 3 is 3.00 bits per heavy atom. The van der Waals surface area contributed by atoms with Crippen molar-refractivity contribution in [2.75, 3.05) is 0 Å². The number of rotatable bonds is 3. The molecule has 86 valence electrons. The summed E-state index contributed by atoms with van der Waals surface area (Å²) < 4.78 is 1.61. The molecule has 0 unspecified atom stereocenters. The molecule has 0 saturated heterocycles. The van der Waals surface area contributed by atoms with Crippen molar-refractivity contribution in [2.24, 2.45) is 0 Å². The van der Waals surface area contributed by atoms with Gasteiger partial charge < -0.3 is 4.57 Å². The maximum atomic E-state index is 11.6. The molecule has 0 aliphatic heterocycles. The molecule has 0 spiro atoms. The van der Waals surface area contributed by atoms with Crippen molar-refractivity contribution in [1.29, 1.82) is 5.26 Å². The third-order valence-corrected chi connectivity index (χ3v) is 3.54. The zero-order valence-corrected chi connectivity index (χ0v) is 10.2. The van der Waals surface area contributed by atoms with Gasteiger partial charge in [0.15, 0.2) is 0 Å². The fourth-order valence-corrected chi connectivity index (χ4v) is 2.32. The zero-order chi connectivity index (χ0) is 12.3. The minimum absolute atomic E-state index is 0.133. The summed E-state index contributed by atoms with van der Waals surface area (Å²) in [4.78, 5) is 17.0. The Morgan fingerprint density at radius 1 is 1.59 bits per heavy atom. The Labute approximate surface area is 103 Å². The van der Waals surface area contributed by atoms with E-state index < -0.39 is 0 Å². The number of aryl methyl sites for hydroxylation is 3. The van der Waals surface area contributed by atoms with Gasteiger partial charge in [0.2, 0.25) is 0 Å². The van der Waals surface area contributed by atoms with Crippen LogP contribution in [0, 0.1) is 18.3 Å². The molecule has 0 aromatic carbocycles. The quantitative estimate of drug-likeness (QED) is 0.827. The van der Waals surface area contributed by atoms with Gasteiger partial charge in [0.25, 0.3) is 5.56 Å². The Bertz CT molecular complexity index is 621. The van der Waals surface area contributed by atoms with Crippen LogP contribution in [0.3, 0.4) is 0 Å². The predicted molar refractivity (Wildman–Crippen MR) is 66.0 cm³/mol. The molecule has 0 amide bonds. The fraction of sp³-hybridized carbons (Fsp3) is 0.250. The molecule has 0 radical (unpaired) electrons. The maximum Gasteiger partial charge on any atom is 0.251 e. The Kier molecular flexibility index (Phi) is 3.35. The lowest BCUT2D eigenvalue weighted by Gasteiger charge is -2.04. The molecular formula is C12H11N3OS. The van der Waals surface area contributed by atoms with E-state index in [0.717, 1.165) is 12.1 Å². The van der Waals surface area contributed by atoms with Crippen LogP contribution in [0.2, 0.25) is 0 Å². The summed E-state index contributed by atoms with van der Waals surface area (Å²) in [6.45, 7) is 2.58. The van der Waals surface area contributed by atoms with E-state index in [-0.39, 0.29) is 5.56 Å². The summed E-state index contributed by atoms with van der Waals surface area (Å²) in [6, 6.07) is 4.97. The third kappa shape index (κ3) is 2.60. The second kappa shape index (κ2) is 4.93. The molecule has 0 bridgehead atoms. The molecular weight excluding hydrogens is 234 g/mol. The highest BCUT2D eigenvalue weighted by Crippen LogP contribution is 2.13. The lowest BCUT2D eigenvalue weighted by molar-refractivity contribution is 0.671. The van der Waals surface area contributed by atoms with Crippen molar-refractivity contribution >= 4 is 11.3 Å². The summed E-state index contributed by atoms with van der Waals surface area (Å²) in [5.41, 5.74) is 3.11. The maximum absolute atomic E-state index is 11.6. The van der Waals surface area contributed by atoms with Gasteiger partial charge in [0.1, 0.15) is 0 Å². The van der Waals surface area contributed by atoms with Crippen molar-refractivity contribution in [3.63, 3.8) is 0 Å². The van der Waals surface area contributed by atoms with E-state index in [9.17, 15) is 4.79 Å². The molecule has 0 aliphatic carbocycles. The smallest absolute Gasteiger partial charge is 0.251 e. The van der Waals surface area contributed by atoms with Crippen LogP contribution in [0.5, 0.6) is 0 Å². The largest absolute Gasteiger partial charge is 0.315 e. The lowest BCUT2D eigenvalue weighted by atomic mass is 10.2. The van der Waals surface area contributed by atoms with Gasteiger partial charge in [-0.15, -0.1) is 11.3 Å². The predicted octanol–water partition coefficient (Wildman–Crippen LogP) is 1.73. The van der Waals surface area contributed by atoms with Crippen LogP contribution < -0.4 is 5.56 Å². The van der Waals surface area contributed by atoms with E-state index in [1.807, 2.05) is 18.5 Å². The summed E-state index contributed by atoms with van der Waals surface area (Å²) in [6.07, 6.45) is 2.46. The van der Waals surface area contributed by atoms with E-state index in [1.165, 1.54) is 10.9 Å². The second-order valence-electron chi connectivity index (χ2n) is 3.67. The molecule has 0 aliphatic rings. The first-order chi connectivity index (χ1) is 8.20. The SMILES string of the molecule is Cc1ncsc1CCn1ccc(C#N)cc1=O. The first kappa shape index (κ1) is 11.6. The molecule has 0 atom stereocenters. The van der Waals surface area contributed by atoms with Crippen LogP contribution in [-0.2, 0) is 13.0 Å². The van der Waals surface area contributed by atoms with Crippen LogP contribution >= 0.6 is 11.3 Å². The summed E-state index contributed by atoms with van der Waals surface area (Å²) in [5.74, 6) is 0. The first-order valence-corrected chi connectivity index (χ1v) is 6.08. The Morgan fingerprint density at radius 2 is 2.41 bits per heavy atom. The highest BCUT2D eigenvalue weighted by Gasteiger charge is 2.03. The standard InChI is InChI=1S/C12H11N3OS/c1-9-11(17-8-14-9)3-5-15-4-2-10(7-13)6-12(15)16/h2,4,6,8H,3,5H2,1H3. The van der Waals surface area contributed by atoms with Gasteiger partial charge in [0, 0.05) is 30.1 Å². The lowest BCUT2D eigenvalue weighted by Crippen LogP contribution is -2.19. The van der Waals surface area contributed by atoms with Gasteiger partial charge in [-0.25, -0.2) is 4.98 Å². The van der Waals surface area contributed by atoms with E-state index >= 15 is 0 Å². The second-order valence-corrected chi connectivity index (χ2v) is 4.61. The highest BCUT2D eigenvalue weighted by atomic mass is 32.1. The molecule has 5 heteroatoms. The van der Waals surface area contributed by atoms with E-state index in [4.69, 9.17) is 5.26 Å². The van der Waals surface area contributed by atoms with Crippen molar-refractivity contribution in [2.45, 2.75) is 19.9 Å². The zero-order valence-electron chi connectivity index (χ0n) is 9.38. The molecule has 0 fully saturated rings. The van der Waals surface area contributed by atoms with Gasteiger partial charge in [-0.05, 0) is 13.0 Å². The van der Waals surface area contributed by atoms with Crippen LogP contribution in [0.25, 0.3) is 0 Å². The number of aromatic nitrogens is 2. The minimum atomic E-state index is -0.133. The summed E-state index contributed by atoms with van der Waals surface area (Å²) in [7, 11) is 0. The minimum Gasteiger partial charge on any atom is -0.315 e. The van der Waals surface area contributed by atoms with Crippen LogP contribution in [-0.4, -0.2) is 9.55 Å². The molecule has 0 N–H and O–H groups in total. The number of pyridine rings is 1. The van der Waals surface area contributed by atoms with Gasteiger partial charge in [0.05, 0.1) is 22.8 Å². The van der Waals surface area contributed by atoms with Gasteiger partial charge >= 0.3 is 0 Å². The number of thiazole rings is 1. The van der Waals surface area contributed by atoms with Crippen molar-refractivity contribution < 1.29 is 0 Å². The first-order valence-electron chi connectivity index (χ1n) is 5.20. The van der Waals surface area contributed by atoms with Gasteiger partial charge in [-0.2, -0.15) is 5.26 Å². The van der Waals surface area contributed by atoms with Crippen LogP contribution in [0.1, 0.15) is 16.1 Å². The van der Waals surface area contributed by atoms with E-state index in [1.54, 1.807) is 28.2 Å². The highest BCUT2D eigenvalue weighted by molar-refractivity contribution is 7.09. The topological polar surface area (TPSA) is 58.7 Å². The van der Waals surface area contributed by atoms with Crippen molar-refractivity contribution in [3.8, 4) is 6.07 Å². The molecule has 17 heavy (non-hydrogen) atoms. The number of nitriles is 1.